The zero-order valence-electron chi connectivity index (χ0n) is 8.77. The molecule has 3 rings (SSSR count). The molecule has 1 saturated heterocycles. The lowest BCUT2D eigenvalue weighted by Crippen LogP contribution is -2.21. The van der Waals surface area contributed by atoms with Gasteiger partial charge in [-0.05, 0) is 17.9 Å². The highest BCUT2D eigenvalue weighted by atomic mass is 32.1. The van der Waals surface area contributed by atoms with Crippen LogP contribution < -0.4 is 4.90 Å². The summed E-state index contributed by atoms with van der Waals surface area (Å²) in [4.78, 5) is 11.7. The molecular weight excluding hydrogens is 225 g/mol. The average Bonchev–Trinajstić information content (AvgIpc) is 2.97. The van der Waals surface area contributed by atoms with E-state index in [1.54, 1.807) is 17.7 Å². The zero-order chi connectivity index (χ0) is 11.0. The first kappa shape index (κ1) is 9.96. The predicted octanol–water partition coefficient (Wildman–Crippen LogP) is 2.49. The molecule has 16 heavy (non-hydrogen) atoms. The predicted molar refractivity (Wildman–Crippen MR) is 63.7 cm³/mol. The highest BCUT2D eigenvalue weighted by Crippen LogP contribution is 2.30. The fourth-order valence-corrected chi connectivity index (χ4v) is 2.91. The number of thiophene rings is 1. The van der Waals surface area contributed by atoms with Crippen LogP contribution >= 0.6 is 11.3 Å². The van der Waals surface area contributed by atoms with E-state index in [-0.39, 0.29) is 12.6 Å². The molecule has 2 aromatic rings. The molecule has 0 N–H and O–H groups in total. The largest absolute Gasteiger partial charge is 0.356 e. The molecule has 0 aliphatic carbocycles. The summed E-state index contributed by atoms with van der Waals surface area (Å²) in [5.41, 5.74) is 0. The number of hydrogen-bond donors (Lipinski definition) is 0. The summed E-state index contributed by atoms with van der Waals surface area (Å²) < 4.78 is 12.6. The van der Waals surface area contributed by atoms with Crippen LogP contribution in [0.3, 0.4) is 0 Å². The number of fused-ring (bicyclic) bond motifs is 1. The van der Waals surface area contributed by atoms with Gasteiger partial charge in [-0.25, -0.2) is 9.97 Å². The number of anilines is 1. The van der Waals surface area contributed by atoms with Crippen molar-refractivity contribution in [1.82, 2.24) is 9.97 Å². The Hall–Kier alpha value is -1.23. The van der Waals surface area contributed by atoms with Crippen LogP contribution in [0.4, 0.5) is 10.2 Å². The molecule has 1 unspecified atom stereocenters. The van der Waals surface area contributed by atoms with Crippen molar-refractivity contribution in [1.29, 1.82) is 0 Å². The van der Waals surface area contributed by atoms with Crippen molar-refractivity contribution < 1.29 is 4.39 Å². The minimum atomic E-state index is -0.228. The fourth-order valence-electron chi connectivity index (χ4n) is 2.18. The number of aromatic nitrogens is 2. The third-order valence-corrected chi connectivity index (χ3v) is 3.87. The SMILES string of the molecule is FCC1CCN(c2ncnc3sccc23)C1. The van der Waals surface area contributed by atoms with Gasteiger partial charge >= 0.3 is 0 Å². The Morgan fingerprint density at radius 2 is 2.44 bits per heavy atom. The second-order valence-corrected chi connectivity index (χ2v) is 4.99. The van der Waals surface area contributed by atoms with E-state index < -0.39 is 0 Å². The van der Waals surface area contributed by atoms with Crippen LogP contribution in [0.2, 0.25) is 0 Å². The van der Waals surface area contributed by atoms with Gasteiger partial charge in [-0.1, -0.05) is 0 Å². The monoisotopic (exact) mass is 237 g/mol. The van der Waals surface area contributed by atoms with Crippen molar-refractivity contribution in [3.8, 4) is 0 Å². The Bertz CT molecular complexity index is 499. The quantitative estimate of drug-likeness (QED) is 0.803. The van der Waals surface area contributed by atoms with Crippen molar-refractivity contribution >= 4 is 27.4 Å². The highest BCUT2D eigenvalue weighted by molar-refractivity contribution is 7.16. The maximum Gasteiger partial charge on any atom is 0.140 e. The van der Waals surface area contributed by atoms with Gasteiger partial charge in [-0.15, -0.1) is 11.3 Å². The molecule has 2 aromatic heterocycles. The number of alkyl halides is 1. The molecule has 5 heteroatoms. The molecule has 84 valence electrons. The van der Waals surface area contributed by atoms with E-state index in [0.717, 1.165) is 35.5 Å². The molecule has 0 amide bonds. The fraction of sp³-hybridized carbons (Fsp3) is 0.455. The van der Waals surface area contributed by atoms with Crippen molar-refractivity contribution in [2.75, 3.05) is 24.7 Å². The second kappa shape index (κ2) is 3.97. The Morgan fingerprint density at radius 1 is 1.50 bits per heavy atom. The van der Waals surface area contributed by atoms with Crippen LogP contribution in [0.25, 0.3) is 10.2 Å². The molecule has 3 heterocycles. The molecule has 1 aliphatic rings. The molecule has 1 fully saturated rings. The Balaban J connectivity index is 1.97. The standard InChI is InChI=1S/C11H12FN3S/c12-5-8-1-3-15(6-8)10-9-2-4-16-11(9)14-7-13-10/h2,4,7-8H,1,3,5-6H2. The van der Waals surface area contributed by atoms with Crippen LogP contribution in [0.5, 0.6) is 0 Å². The minimum Gasteiger partial charge on any atom is -0.356 e. The summed E-state index contributed by atoms with van der Waals surface area (Å²) >= 11 is 1.61. The summed E-state index contributed by atoms with van der Waals surface area (Å²) in [6, 6.07) is 2.04. The lowest BCUT2D eigenvalue weighted by Gasteiger charge is -2.17. The van der Waals surface area contributed by atoms with Gasteiger partial charge < -0.3 is 4.90 Å². The maximum atomic E-state index is 12.6. The number of hydrogen-bond acceptors (Lipinski definition) is 4. The number of nitrogens with zero attached hydrogens (tertiary/aromatic N) is 3. The van der Waals surface area contributed by atoms with Gasteiger partial charge in [-0.3, -0.25) is 4.39 Å². The van der Waals surface area contributed by atoms with E-state index in [0.29, 0.717) is 0 Å². The smallest absolute Gasteiger partial charge is 0.140 e. The molecule has 0 aromatic carbocycles. The molecule has 0 radical (unpaired) electrons. The third-order valence-electron chi connectivity index (χ3n) is 3.04. The van der Waals surface area contributed by atoms with E-state index in [1.165, 1.54) is 0 Å². The first-order valence-electron chi connectivity index (χ1n) is 5.37. The molecule has 3 nitrogen and oxygen atoms in total. The Kier molecular flexibility index (Phi) is 2.47. The summed E-state index contributed by atoms with van der Waals surface area (Å²) in [6.07, 6.45) is 2.52. The van der Waals surface area contributed by atoms with Gasteiger partial charge in [0.05, 0.1) is 12.1 Å². The summed E-state index contributed by atoms with van der Waals surface area (Å²) in [7, 11) is 0. The Morgan fingerprint density at radius 3 is 3.25 bits per heavy atom. The topological polar surface area (TPSA) is 29.0 Å². The van der Waals surface area contributed by atoms with Crippen LogP contribution in [-0.2, 0) is 0 Å². The van der Waals surface area contributed by atoms with Gasteiger partial charge in [-0.2, -0.15) is 0 Å². The summed E-state index contributed by atoms with van der Waals surface area (Å²) in [5.74, 6) is 1.13. The van der Waals surface area contributed by atoms with Gasteiger partial charge in [0.2, 0.25) is 0 Å². The van der Waals surface area contributed by atoms with Gasteiger partial charge in [0.1, 0.15) is 17.0 Å². The van der Waals surface area contributed by atoms with Crippen molar-refractivity contribution in [3.05, 3.63) is 17.8 Å². The average molecular weight is 237 g/mol. The lowest BCUT2D eigenvalue weighted by molar-refractivity contribution is 0.385. The van der Waals surface area contributed by atoms with Gasteiger partial charge in [0, 0.05) is 19.0 Å². The number of halogens is 1. The molecule has 0 bridgehead atoms. The van der Waals surface area contributed by atoms with Crippen LogP contribution in [-0.4, -0.2) is 29.7 Å². The van der Waals surface area contributed by atoms with E-state index in [2.05, 4.69) is 14.9 Å². The van der Waals surface area contributed by atoms with Gasteiger partial charge in [0.15, 0.2) is 0 Å². The van der Waals surface area contributed by atoms with E-state index in [1.807, 2.05) is 11.4 Å². The third kappa shape index (κ3) is 1.55. The van der Waals surface area contributed by atoms with Crippen LogP contribution in [0.15, 0.2) is 17.8 Å². The second-order valence-electron chi connectivity index (χ2n) is 4.09. The van der Waals surface area contributed by atoms with Crippen LogP contribution in [0.1, 0.15) is 6.42 Å². The summed E-state index contributed by atoms with van der Waals surface area (Å²) in [5, 5.41) is 3.11. The Labute approximate surface area is 96.9 Å². The molecule has 0 saturated carbocycles. The lowest BCUT2D eigenvalue weighted by atomic mass is 10.1. The first-order chi connectivity index (χ1) is 7.88. The molecule has 1 aliphatic heterocycles. The number of rotatable bonds is 2. The molecule has 0 spiro atoms. The zero-order valence-corrected chi connectivity index (χ0v) is 9.58. The van der Waals surface area contributed by atoms with E-state index >= 15 is 0 Å². The van der Waals surface area contributed by atoms with Crippen molar-refractivity contribution in [2.24, 2.45) is 5.92 Å². The first-order valence-corrected chi connectivity index (χ1v) is 6.25. The maximum absolute atomic E-state index is 12.6. The van der Waals surface area contributed by atoms with Crippen molar-refractivity contribution in [3.63, 3.8) is 0 Å². The molecular formula is C11H12FN3S. The summed E-state index contributed by atoms with van der Waals surface area (Å²) in [6.45, 7) is 1.45. The van der Waals surface area contributed by atoms with Gasteiger partial charge in [0.25, 0.3) is 0 Å². The van der Waals surface area contributed by atoms with Crippen molar-refractivity contribution in [2.45, 2.75) is 6.42 Å². The highest BCUT2D eigenvalue weighted by Gasteiger charge is 2.24. The van der Waals surface area contributed by atoms with E-state index in [9.17, 15) is 4.39 Å². The van der Waals surface area contributed by atoms with Crippen LogP contribution in [0, 0.1) is 5.92 Å². The van der Waals surface area contributed by atoms with E-state index in [4.69, 9.17) is 0 Å². The normalized spacial score (nSPS) is 20.8. The minimum absolute atomic E-state index is 0.170. The molecule has 1 atom stereocenters.